The molecule has 2 aliphatic rings. The predicted molar refractivity (Wildman–Crippen MR) is 92.0 cm³/mol. The van der Waals surface area contributed by atoms with E-state index in [4.69, 9.17) is 10.00 Å². The quantitative estimate of drug-likeness (QED) is 0.875. The summed E-state index contributed by atoms with van der Waals surface area (Å²) in [6, 6.07) is 2.46. The van der Waals surface area contributed by atoms with Gasteiger partial charge in [0, 0.05) is 24.5 Å². The zero-order valence-electron chi connectivity index (χ0n) is 14.4. The van der Waals surface area contributed by atoms with Crippen molar-refractivity contribution in [3.05, 3.63) is 18.1 Å². The third-order valence-electron chi connectivity index (χ3n) is 5.00. The van der Waals surface area contributed by atoms with Crippen molar-refractivity contribution in [3.8, 4) is 11.9 Å². The molecular formula is C18H25N5O2. The zero-order chi connectivity index (χ0) is 17.5. The molecule has 0 atom stereocenters. The third-order valence-corrected chi connectivity index (χ3v) is 5.00. The van der Waals surface area contributed by atoms with Gasteiger partial charge in [0.15, 0.2) is 0 Å². The van der Waals surface area contributed by atoms with Crippen molar-refractivity contribution in [1.29, 1.82) is 5.26 Å². The van der Waals surface area contributed by atoms with Crippen LogP contribution < -0.4 is 15.4 Å². The zero-order valence-corrected chi connectivity index (χ0v) is 14.4. The molecule has 1 aromatic rings. The van der Waals surface area contributed by atoms with Crippen molar-refractivity contribution < 1.29 is 9.53 Å². The minimum Gasteiger partial charge on any atom is -0.472 e. The van der Waals surface area contributed by atoms with Crippen molar-refractivity contribution in [3.63, 3.8) is 0 Å². The molecule has 0 aliphatic heterocycles. The van der Waals surface area contributed by atoms with E-state index in [0.29, 0.717) is 11.9 Å². The van der Waals surface area contributed by atoms with Crippen LogP contribution in [0, 0.1) is 11.3 Å². The summed E-state index contributed by atoms with van der Waals surface area (Å²) in [7, 11) is 0. The van der Waals surface area contributed by atoms with Gasteiger partial charge in [-0.15, -0.1) is 0 Å². The van der Waals surface area contributed by atoms with Gasteiger partial charge in [0.1, 0.15) is 12.2 Å². The highest BCUT2D eigenvalue weighted by Gasteiger charge is 2.25. The van der Waals surface area contributed by atoms with Crippen LogP contribution in [0.15, 0.2) is 12.4 Å². The topological polar surface area (TPSA) is 99.9 Å². The minimum atomic E-state index is -0.0445. The molecule has 2 aliphatic carbocycles. The SMILES string of the molecule is N#Cc1nccnc1OC1CCC(NC(=O)NC2CCCCC2)CC1. The fourth-order valence-electron chi connectivity index (χ4n) is 3.63. The van der Waals surface area contributed by atoms with Gasteiger partial charge in [-0.05, 0) is 38.5 Å². The highest BCUT2D eigenvalue weighted by molar-refractivity contribution is 5.74. The number of hydrogen-bond donors (Lipinski definition) is 2. The van der Waals surface area contributed by atoms with Gasteiger partial charge in [-0.3, -0.25) is 0 Å². The molecule has 2 saturated carbocycles. The van der Waals surface area contributed by atoms with Crippen LogP contribution in [0.2, 0.25) is 0 Å². The largest absolute Gasteiger partial charge is 0.472 e. The number of ether oxygens (including phenoxy) is 1. The number of hydrogen-bond acceptors (Lipinski definition) is 5. The smallest absolute Gasteiger partial charge is 0.315 e. The van der Waals surface area contributed by atoms with Gasteiger partial charge in [-0.2, -0.15) is 5.26 Å². The summed E-state index contributed by atoms with van der Waals surface area (Å²) in [5.41, 5.74) is 0.217. The first-order chi connectivity index (χ1) is 12.2. The second kappa shape index (κ2) is 8.65. The van der Waals surface area contributed by atoms with Gasteiger partial charge in [0.25, 0.3) is 5.88 Å². The molecule has 1 aromatic heterocycles. The van der Waals surface area contributed by atoms with Gasteiger partial charge in [-0.1, -0.05) is 19.3 Å². The Labute approximate surface area is 148 Å². The number of amides is 2. The van der Waals surface area contributed by atoms with E-state index in [1.165, 1.54) is 31.7 Å². The molecule has 7 heteroatoms. The molecule has 134 valence electrons. The Morgan fingerprint density at radius 3 is 2.32 bits per heavy atom. The van der Waals surface area contributed by atoms with Gasteiger partial charge in [0.05, 0.1) is 0 Å². The van der Waals surface area contributed by atoms with Gasteiger partial charge < -0.3 is 15.4 Å². The fourth-order valence-corrected chi connectivity index (χ4v) is 3.63. The molecule has 3 rings (SSSR count). The van der Waals surface area contributed by atoms with E-state index in [1.54, 1.807) is 0 Å². The molecule has 2 N–H and O–H groups in total. The number of carbonyl (C=O) groups is 1. The number of carbonyl (C=O) groups excluding carboxylic acids is 1. The van der Waals surface area contributed by atoms with Crippen LogP contribution in [0.3, 0.4) is 0 Å². The average molecular weight is 343 g/mol. The molecule has 0 unspecified atom stereocenters. The van der Waals surface area contributed by atoms with Crippen LogP contribution in [0.4, 0.5) is 4.79 Å². The van der Waals surface area contributed by atoms with Crippen LogP contribution in [-0.2, 0) is 0 Å². The van der Waals surface area contributed by atoms with Crippen LogP contribution in [0.25, 0.3) is 0 Å². The van der Waals surface area contributed by atoms with Gasteiger partial charge >= 0.3 is 6.03 Å². The summed E-state index contributed by atoms with van der Waals surface area (Å²) < 4.78 is 5.83. The van der Waals surface area contributed by atoms with Crippen molar-refractivity contribution in [2.75, 3.05) is 0 Å². The Balaban J connectivity index is 1.41. The highest BCUT2D eigenvalue weighted by Crippen LogP contribution is 2.24. The lowest BCUT2D eigenvalue weighted by atomic mass is 9.93. The lowest BCUT2D eigenvalue weighted by Crippen LogP contribution is -2.48. The Morgan fingerprint density at radius 1 is 1.00 bits per heavy atom. The summed E-state index contributed by atoms with van der Waals surface area (Å²) in [5, 5.41) is 15.2. The third kappa shape index (κ3) is 5.05. The summed E-state index contributed by atoms with van der Waals surface area (Å²) >= 11 is 0. The number of aromatic nitrogens is 2. The number of nitrogens with one attached hydrogen (secondary N) is 2. The molecule has 0 aromatic carbocycles. The predicted octanol–water partition coefficient (Wildman–Crippen LogP) is 2.67. The first kappa shape index (κ1) is 17.5. The maximum atomic E-state index is 12.1. The van der Waals surface area contributed by atoms with E-state index in [0.717, 1.165) is 38.5 Å². The number of nitriles is 1. The van der Waals surface area contributed by atoms with Crippen molar-refractivity contribution in [2.45, 2.75) is 76.0 Å². The first-order valence-corrected chi connectivity index (χ1v) is 9.19. The highest BCUT2D eigenvalue weighted by atomic mass is 16.5. The average Bonchev–Trinajstić information content (AvgIpc) is 2.64. The van der Waals surface area contributed by atoms with E-state index < -0.39 is 0 Å². The standard InChI is InChI=1S/C18H25N5O2/c19-12-16-17(21-11-10-20-16)25-15-8-6-14(7-9-15)23-18(24)22-13-4-2-1-3-5-13/h10-11,13-15H,1-9H2,(H2,22,23,24). The fraction of sp³-hybridized carbons (Fsp3) is 0.667. The Hall–Kier alpha value is -2.36. The molecular weight excluding hydrogens is 318 g/mol. The molecule has 0 bridgehead atoms. The molecule has 0 saturated heterocycles. The molecule has 0 radical (unpaired) electrons. The minimum absolute atomic E-state index is 0.0169. The van der Waals surface area contributed by atoms with Crippen LogP contribution in [0.1, 0.15) is 63.5 Å². The van der Waals surface area contributed by atoms with Crippen LogP contribution in [-0.4, -0.2) is 34.2 Å². The summed E-state index contributed by atoms with van der Waals surface area (Å²) in [4.78, 5) is 20.2. The maximum Gasteiger partial charge on any atom is 0.315 e. The normalized spacial score (nSPS) is 24.1. The van der Waals surface area contributed by atoms with Crippen molar-refractivity contribution in [2.24, 2.45) is 0 Å². The number of nitrogens with zero attached hydrogens (tertiary/aromatic N) is 3. The number of urea groups is 1. The van der Waals surface area contributed by atoms with Crippen molar-refractivity contribution >= 4 is 6.03 Å². The molecule has 0 spiro atoms. The van der Waals surface area contributed by atoms with Crippen molar-refractivity contribution in [1.82, 2.24) is 20.6 Å². The first-order valence-electron chi connectivity index (χ1n) is 9.19. The molecule has 2 amide bonds. The molecule has 2 fully saturated rings. The van der Waals surface area contributed by atoms with Crippen LogP contribution >= 0.6 is 0 Å². The van der Waals surface area contributed by atoms with Gasteiger partial charge in [-0.25, -0.2) is 14.8 Å². The second-order valence-electron chi connectivity index (χ2n) is 6.87. The Morgan fingerprint density at radius 2 is 1.64 bits per heavy atom. The Bertz CT molecular complexity index is 616. The second-order valence-corrected chi connectivity index (χ2v) is 6.87. The summed E-state index contributed by atoms with van der Waals surface area (Å²) in [5.74, 6) is 0.302. The maximum absolute atomic E-state index is 12.1. The monoisotopic (exact) mass is 343 g/mol. The van der Waals surface area contributed by atoms with E-state index >= 15 is 0 Å². The lowest BCUT2D eigenvalue weighted by molar-refractivity contribution is 0.133. The summed E-state index contributed by atoms with van der Waals surface area (Å²) in [6.45, 7) is 0. The molecule has 25 heavy (non-hydrogen) atoms. The number of rotatable bonds is 4. The lowest BCUT2D eigenvalue weighted by Gasteiger charge is -2.30. The summed E-state index contributed by atoms with van der Waals surface area (Å²) in [6.07, 6.45) is 12.3. The molecule has 7 nitrogen and oxygen atoms in total. The molecule has 1 heterocycles. The van der Waals surface area contributed by atoms with E-state index in [9.17, 15) is 4.79 Å². The Kier molecular flexibility index (Phi) is 6.04. The van der Waals surface area contributed by atoms with E-state index in [2.05, 4.69) is 20.6 Å². The van der Waals surface area contributed by atoms with Crippen LogP contribution in [0.5, 0.6) is 5.88 Å². The van der Waals surface area contributed by atoms with Gasteiger partial charge in [0.2, 0.25) is 5.69 Å². The van der Waals surface area contributed by atoms with E-state index in [1.807, 2.05) is 6.07 Å². The van der Waals surface area contributed by atoms with E-state index in [-0.39, 0.29) is 23.9 Å².